The minimum absolute atomic E-state index is 0.502. The number of benzene rings is 2. The molecule has 2 heterocycles. The molecule has 1 aliphatic rings. The molecule has 1 aromatic heterocycles. The second-order valence-electron chi connectivity index (χ2n) is 7.77. The molecule has 0 N–H and O–H groups in total. The minimum atomic E-state index is 0.502. The first-order valence-electron chi connectivity index (χ1n) is 11.1. The number of piperazine rings is 1. The van der Waals surface area contributed by atoms with Gasteiger partial charge in [-0.05, 0) is 47.8 Å². The Morgan fingerprint density at radius 1 is 1.03 bits per heavy atom. The molecule has 0 aliphatic carbocycles. The van der Waals surface area contributed by atoms with E-state index in [9.17, 15) is 0 Å². The van der Waals surface area contributed by atoms with Gasteiger partial charge in [0.2, 0.25) is 0 Å². The van der Waals surface area contributed by atoms with Gasteiger partial charge in [-0.1, -0.05) is 24.3 Å². The van der Waals surface area contributed by atoms with Crippen LogP contribution in [0.15, 0.2) is 55.1 Å². The third-order valence-electron chi connectivity index (χ3n) is 5.68. The molecule has 3 aromatic rings. The van der Waals surface area contributed by atoms with Gasteiger partial charge in [-0.3, -0.25) is 4.90 Å². The quantitative estimate of drug-likeness (QED) is 0.320. The van der Waals surface area contributed by atoms with Crippen LogP contribution in [0, 0.1) is 0 Å². The first-order chi connectivity index (χ1) is 15.8. The summed E-state index contributed by atoms with van der Waals surface area (Å²) in [6, 6.07) is 14.4. The summed E-state index contributed by atoms with van der Waals surface area (Å²) < 4.78 is 23.0. The van der Waals surface area contributed by atoms with Gasteiger partial charge in [0.15, 0.2) is 11.5 Å². The first kappa shape index (κ1) is 22.6. The highest BCUT2D eigenvalue weighted by molar-refractivity contribution is 7.13. The SMILES string of the molecule is C=CCc1ccc(OCCOCCN2CCN(c3nsc4ccccc34)CC2)c(OC)c1. The fraction of sp³-hybridized carbons (Fsp3) is 0.400. The van der Waals surface area contributed by atoms with Crippen LogP contribution in [0.1, 0.15) is 5.56 Å². The van der Waals surface area contributed by atoms with Crippen LogP contribution in [0.3, 0.4) is 0 Å². The smallest absolute Gasteiger partial charge is 0.161 e. The number of anilines is 1. The molecule has 4 rings (SSSR count). The van der Waals surface area contributed by atoms with E-state index in [1.165, 1.54) is 10.1 Å². The molecular weight excluding hydrogens is 422 g/mol. The van der Waals surface area contributed by atoms with Crippen molar-refractivity contribution in [3.05, 3.63) is 60.7 Å². The lowest BCUT2D eigenvalue weighted by molar-refractivity contribution is 0.0776. The summed E-state index contributed by atoms with van der Waals surface area (Å²) in [5, 5.41) is 1.27. The number of aromatic nitrogens is 1. The number of hydrogen-bond donors (Lipinski definition) is 0. The fourth-order valence-electron chi connectivity index (χ4n) is 3.92. The molecule has 1 saturated heterocycles. The normalized spacial score (nSPS) is 14.6. The minimum Gasteiger partial charge on any atom is -0.493 e. The summed E-state index contributed by atoms with van der Waals surface area (Å²) in [5.41, 5.74) is 1.16. The number of allylic oxidation sites excluding steroid dienone is 1. The van der Waals surface area contributed by atoms with E-state index in [1.54, 1.807) is 18.6 Å². The molecule has 0 spiro atoms. The van der Waals surface area contributed by atoms with Crippen molar-refractivity contribution in [2.45, 2.75) is 6.42 Å². The summed E-state index contributed by atoms with van der Waals surface area (Å²) >= 11 is 1.58. The first-order valence-corrected chi connectivity index (χ1v) is 11.9. The number of fused-ring (bicyclic) bond motifs is 1. The summed E-state index contributed by atoms with van der Waals surface area (Å²) in [5.74, 6) is 2.62. The van der Waals surface area contributed by atoms with E-state index in [-0.39, 0.29) is 0 Å². The van der Waals surface area contributed by atoms with Crippen LogP contribution in [-0.2, 0) is 11.2 Å². The van der Waals surface area contributed by atoms with Crippen LogP contribution in [0.25, 0.3) is 10.1 Å². The average Bonchev–Trinajstić information content (AvgIpc) is 3.27. The molecule has 32 heavy (non-hydrogen) atoms. The lowest BCUT2D eigenvalue weighted by Crippen LogP contribution is -2.47. The van der Waals surface area contributed by atoms with E-state index in [1.807, 2.05) is 24.3 Å². The summed E-state index contributed by atoms with van der Waals surface area (Å²) in [4.78, 5) is 4.85. The van der Waals surface area contributed by atoms with E-state index >= 15 is 0 Å². The number of nitrogens with zero attached hydrogens (tertiary/aromatic N) is 3. The molecular formula is C25H31N3O3S. The van der Waals surface area contributed by atoms with Crippen molar-refractivity contribution in [2.24, 2.45) is 0 Å². The van der Waals surface area contributed by atoms with Crippen molar-refractivity contribution in [3.8, 4) is 11.5 Å². The molecule has 0 bridgehead atoms. The lowest BCUT2D eigenvalue weighted by Gasteiger charge is -2.35. The Kier molecular flexibility index (Phi) is 7.98. The molecule has 0 amide bonds. The Bertz CT molecular complexity index is 1010. The molecule has 2 aromatic carbocycles. The Morgan fingerprint density at radius 2 is 1.88 bits per heavy atom. The van der Waals surface area contributed by atoms with Crippen molar-refractivity contribution in [1.82, 2.24) is 9.27 Å². The van der Waals surface area contributed by atoms with Gasteiger partial charge in [0.05, 0.1) is 25.0 Å². The van der Waals surface area contributed by atoms with Gasteiger partial charge in [-0.2, -0.15) is 4.37 Å². The van der Waals surface area contributed by atoms with Gasteiger partial charge in [-0.25, -0.2) is 0 Å². The zero-order chi connectivity index (χ0) is 22.2. The van der Waals surface area contributed by atoms with Crippen LogP contribution in [-0.4, -0.2) is 68.9 Å². The standard InChI is InChI=1S/C25H31N3O3S/c1-3-6-20-9-10-22(23(19-20)29-2)31-18-17-30-16-15-27-11-13-28(14-12-27)25-21-7-4-5-8-24(21)32-26-25/h3-5,7-10,19H,1,6,11-18H2,2H3. The largest absolute Gasteiger partial charge is 0.493 e. The number of methoxy groups -OCH3 is 1. The molecule has 1 aliphatic heterocycles. The molecule has 7 heteroatoms. The van der Waals surface area contributed by atoms with E-state index in [0.29, 0.717) is 19.8 Å². The highest BCUT2D eigenvalue weighted by atomic mass is 32.1. The third kappa shape index (κ3) is 5.59. The maximum Gasteiger partial charge on any atom is 0.161 e. The lowest BCUT2D eigenvalue weighted by atomic mass is 10.1. The topological polar surface area (TPSA) is 47.1 Å². The van der Waals surface area contributed by atoms with Gasteiger partial charge in [-0.15, -0.1) is 6.58 Å². The van der Waals surface area contributed by atoms with Crippen LogP contribution < -0.4 is 14.4 Å². The Morgan fingerprint density at radius 3 is 2.69 bits per heavy atom. The summed E-state index contributed by atoms with van der Waals surface area (Å²) in [6.45, 7) is 10.5. The van der Waals surface area contributed by atoms with Crippen molar-refractivity contribution >= 4 is 27.4 Å². The third-order valence-corrected chi connectivity index (χ3v) is 6.49. The van der Waals surface area contributed by atoms with Crippen molar-refractivity contribution in [2.75, 3.05) is 64.6 Å². The highest BCUT2D eigenvalue weighted by Crippen LogP contribution is 2.30. The molecule has 1 fully saturated rings. The zero-order valence-electron chi connectivity index (χ0n) is 18.7. The van der Waals surface area contributed by atoms with E-state index < -0.39 is 0 Å². The van der Waals surface area contributed by atoms with Gasteiger partial charge >= 0.3 is 0 Å². The van der Waals surface area contributed by atoms with Gasteiger partial charge in [0.25, 0.3) is 0 Å². The fourth-order valence-corrected chi connectivity index (χ4v) is 4.71. The number of rotatable bonds is 11. The van der Waals surface area contributed by atoms with Crippen molar-refractivity contribution < 1.29 is 14.2 Å². The van der Waals surface area contributed by atoms with Gasteiger partial charge in [0, 0.05) is 38.1 Å². The Balaban J connectivity index is 1.13. The number of hydrogen-bond acceptors (Lipinski definition) is 7. The van der Waals surface area contributed by atoms with Crippen LogP contribution in [0.2, 0.25) is 0 Å². The van der Waals surface area contributed by atoms with Crippen LogP contribution >= 0.6 is 11.5 Å². The maximum atomic E-state index is 5.84. The van der Waals surface area contributed by atoms with Crippen LogP contribution in [0.5, 0.6) is 11.5 Å². The van der Waals surface area contributed by atoms with Crippen molar-refractivity contribution in [1.29, 1.82) is 0 Å². The predicted octanol–water partition coefficient (Wildman–Crippen LogP) is 4.25. The molecule has 0 saturated carbocycles. The van der Waals surface area contributed by atoms with Crippen molar-refractivity contribution in [3.63, 3.8) is 0 Å². The second kappa shape index (κ2) is 11.3. The summed E-state index contributed by atoms with van der Waals surface area (Å²) in [6.07, 6.45) is 2.69. The molecule has 0 radical (unpaired) electrons. The van der Waals surface area contributed by atoms with Gasteiger partial charge in [0.1, 0.15) is 12.4 Å². The van der Waals surface area contributed by atoms with E-state index in [2.05, 4.69) is 45.0 Å². The predicted molar refractivity (Wildman–Crippen MR) is 131 cm³/mol. The number of ether oxygens (including phenoxy) is 3. The molecule has 6 nitrogen and oxygen atoms in total. The molecule has 170 valence electrons. The zero-order valence-corrected chi connectivity index (χ0v) is 19.5. The molecule has 0 unspecified atom stereocenters. The van der Waals surface area contributed by atoms with Crippen LogP contribution in [0.4, 0.5) is 5.82 Å². The summed E-state index contributed by atoms with van der Waals surface area (Å²) in [7, 11) is 1.66. The van der Waals surface area contributed by atoms with E-state index in [0.717, 1.165) is 62.0 Å². The Labute approximate surface area is 194 Å². The maximum absolute atomic E-state index is 5.84. The van der Waals surface area contributed by atoms with E-state index in [4.69, 9.17) is 14.2 Å². The Hall–Kier alpha value is -2.61. The van der Waals surface area contributed by atoms with Gasteiger partial charge < -0.3 is 19.1 Å². The monoisotopic (exact) mass is 453 g/mol. The highest BCUT2D eigenvalue weighted by Gasteiger charge is 2.20. The molecule has 0 atom stereocenters. The average molecular weight is 454 g/mol. The second-order valence-corrected chi connectivity index (χ2v) is 8.57.